The molecule has 0 radical (unpaired) electrons. The second kappa shape index (κ2) is 2.94. The van der Waals surface area contributed by atoms with Gasteiger partial charge in [-0.2, -0.15) is 0 Å². The zero-order chi connectivity index (χ0) is 9.35. The molecule has 1 heterocycles. The van der Waals surface area contributed by atoms with E-state index in [-0.39, 0.29) is 5.75 Å². The Morgan fingerprint density at radius 1 is 1.42 bits per heavy atom. The number of hydrogen-bond donors (Lipinski definition) is 0. The van der Waals surface area contributed by atoms with E-state index in [4.69, 9.17) is 0 Å². The molecule has 68 valence electrons. The molecule has 1 aromatic rings. The van der Waals surface area contributed by atoms with Crippen molar-refractivity contribution in [3.8, 4) is 0 Å². The molecular formula is C8H13NO2S. The van der Waals surface area contributed by atoms with E-state index in [9.17, 15) is 8.42 Å². The largest absolute Gasteiger partial charge is 0.250 e. The summed E-state index contributed by atoms with van der Waals surface area (Å²) >= 11 is 0. The highest BCUT2D eigenvalue weighted by atomic mass is 32.2. The van der Waals surface area contributed by atoms with Crippen LogP contribution in [-0.2, 0) is 10.0 Å². The smallest absolute Gasteiger partial charge is 0.238 e. The van der Waals surface area contributed by atoms with Crippen LogP contribution in [0.2, 0.25) is 0 Å². The van der Waals surface area contributed by atoms with Crippen LogP contribution in [-0.4, -0.2) is 18.1 Å². The van der Waals surface area contributed by atoms with Crippen LogP contribution >= 0.6 is 0 Å². The summed E-state index contributed by atoms with van der Waals surface area (Å²) in [5.41, 5.74) is 1.75. The van der Waals surface area contributed by atoms with Crippen LogP contribution in [0.3, 0.4) is 0 Å². The first-order chi connectivity index (χ1) is 5.47. The highest BCUT2D eigenvalue weighted by Crippen LogP contribution is 2.09. The second-order valence-corrected chi connectivity index (χ2v) is 4.99. The average molecular weight is 187 g/mol. The van der Waals surface area contributed by atoms with Gasteiger partial charge in [-0.1, -0.05) is 0 Å². The molecule has 0 unspecified atom stereocenters. The number of aromatic nitrogens is 1. The van der Waals surface area contributed by atoms with E-state index in [2.05, 4.69) is 0 Å². The van der Waals surface area contributed by atoms with Crippen LogP contribution in [0.4, 0.5) is 0 Å². The van der Waals surface area contributed by atoms with Gasteiger partial charge in [-0.3, -0.25) is 0 Å². The Balaban J connectivity index is 3.29. The predicted molar refractivity (Wildman–Crippen MR) is 48.8 cm³/mol. The second-order valence-electron chi connectivity index (χ2n) is 2.86. The van der Waals surface area contributed by atoms with Gasteiger partial charge in [0, 0.05) is 11.9 Å². The molecular weight excluding hydrogens is 174 g/mol. The van der Waals surface area contributed by atoms with Gasteiger partial charge in [0.05, 0.1) is 5.75 Å². The fourth-order valence-corrected chi connectivity index (χ4v) is 2.25. The molecule has 3 nitrogen and oxygen atoms in total. The normalized spacial score (nSPS) is 11.9. The van der Waals surface area contributed by atoms with E-state index in [0.29, 0.717) is 0 Å². The van der Waals surface area contributed by atoms with Gasteiger partial charge in [0.15, 0.2) is 0 Å². The van der Waals surface area contributed by atoms with Crippen LogP contribution in [0.5, 0.6) is 0 Å². The van der Waals surface area contributed by atoms with E-state index < -0.39 is 10.0 Å². The molecule has 0 bridgehead atoms. The van der Waals surface area contributed by atoms with E-state index in [1.165, 1.54) is 3.97 Å². The standard InChI is InChI=1S/C8H13NO2S/c1-4-12(10,11)9-6-7(2)5-8(9)3/h5-6H,4H2,1-3H3. The van der Waals surface area contributed by atoms with E-state index in [1.54, 1.807) is 20.0 Å². The topological polar surface area (TPSA) is 39.1 Å². The van der Waals surface area contributed by atoms with Gasteiger partial charge in [-0.25, -0.2) is 12.4 Å². The van der Waals surface area contributed by atoms with Crippen LogP contribution in [0.25, 0.3) is 0 Å². The van der Waals surface area contributed by atoms with Crippen LogP contribution in [0.15, 0.2) is 12.3 Å². The zero-order valence-corrected chi connectivity index (χ0v) is 8.35. The van der Waals surface area contributed by atoms with E-state index in [1.807, 2.05) is 13.0 Å². The fourth-order valence-electron chi connectivity index (χ4n) is 1.16. The van der Waals surface area contributed by atoms with E-state index >= 15 is 0 Å². The molecule has 12 heavy (non-hydrogen) atoms. The third kappa shape index (κ3) is 1.53. The third-order valence-corrected chi connectivity index (χ3v) is 3.49. The Kier molecular flexibility index (Phi) is 2.28. The van der Waals surface area contributed by atoms with E-state index in [0.717, 1.165) is 11.3 Å². The first kappa shape index (κ1) is 9.32. The molecule has 0 fully saturated rings. The minimum Gasteiger partial charge on any atom is -0.250 e. The molecule has 1 rings (SSSR count). The molecule has 0 amide bonds. The maximum Gasteiger partial charge on any atom is 0.238 e. The van der Waals surface area contributed by atoms with Crippen molar-refractivity contribution in [1.29, 1.82) is 0 Å². The number of nitrogens with zero attached hydrogens (tertiary/aromatic N) is 1. The molecule has 0 N–H and O–H groups in total. The molecule has 4 heteroatoms. The minimum absolute atomic E-state index is 0.141. The maximum absolute atomic E-state index is 11.4. The van der Waals surface area contributed by atoms with Crippen molar-refractivity contribution in [2.24, 2.45) is 0 Å². The van der Waals surface area contributed by atoms with Gasteiger partial charge in [-0.15, -0.1) is 0 Å². The summed E-state index contributed by atoms with van der Waals surface area (Å²) in [7, 11) is -3.09. The summed E-state index contributed by atoms with van der Waals surface area (Å²) in [5.74, 6) is 0.141. The lowest BCUT2D eigenvalue weighted by atomic mass is 10.4. The summed E-state index contributed by atoms with van der Waals surface area (Å²) < 4.78 is 24.1. The fraction of sp³-hybridized carbons (Fsp3) is 0.500. The van der Waals surface area contributed by atoms with Crippen molar-refractivity contribution in [3.05, 3.63) is 23.5 Å². The molecule has 0 aliphatic rings. The molecule has 0 spiro atoms. The predicted octanol–water partition coefficient (Wildman–Crippen LogP) is 1.30. The number of aryl methyl sites for hydroxylation is 2. The van der Waals surface area contributed by atoms with Crippen molar-refractivity contribution in [3.63, 3.8) is 0 Å². The average Bonchev–Trinajstić information content (AvgIpc) is 2.31. The Morgan fingerprint density at radius 2 is 2.00 bits per heavy atom. The molecule has 0 aliphatic heterocycles. The van der Waals surface area contributed by atoms with Crippen molar-refractivity contribution in [2.45, 2.75) is 20.8 Å². The Morgan fingerprint density at radius 3 is 2.33 bits per heavy atom. The molecule has 0 saturated heterocycles. The van der Waals surface area contributed by atoms with Crippen molar-refractivity contribution in [2.75, 3.05) is 5.75 Å². The lowest BCUT2D eigenvalue weighted by molar-refractivity contribution is 0.587. The molecule has 1 aromatic heterocycles. The van der Waals surface area contributed by atoms with Gasteiger partial charge < -0.3 is 0 Å². The highest BCUT2D eigenvalue weighted by molar-refractivity contribution is 7.89. The van der Waals surface area contributed by atoms with Crippen LogP contribution in [0.1, 0.15) is 18.2 Å². The van der Waals surface area contributed by atoms with Gasteiger partial charge in [-0.05, 0) is 32.4 Å². The lowest BCUT2D eigenvalue weighted by Gasteiger charge is -2.03. The third-order valence-electron chi connectivity index (χ3n) is 1.77. The molecule has 0 atom stereocenters. The van der Waals surface area contributed by atoms with Crippen LogP contribution < -0.4 is 0 Å². The molecule has 0 aliphatic carbocycles. The summed E-state index contributed by atoms with van der Waals surface area (Å²) in [6, 6.07) is 1.85. The summed E-state index contributed by atoms with van der Waals surface area (Å²) in [6.07, 6.45) is 1.65. The first-order valence-electron chi connectivity index (χ1n) is 3.86. The number of hydrogen-bond acceptors (Lipinski definition) is 2. The number of rotatable bonds is 2. The van der Waals surface area contributed by atoms with Crippen molar-refractivity contribution in [1.82, 2.24) is 3.97 Å². The lowest BCUT2D eigenvalue weighted by Crippen LogP contribution is -2.14. The Labute approximate surface area is 73.1 Å². The quantitative estimate of drug-likeness (QED) is 0.700. The summed E-state index contributed by atoms with van der Waals surface area (Å²) in [5, 5.41) is 0. The highest BCUT2D eigenvalue weighted by Gasteiger charge is 2.11. The van der Waals surface area contributed by atoms with Crippen molar-refractivity contribution < 1.29 is 8.42 Å². The van der Waals surface area contributed by atoms with Gasteiger partial charge in [0.1, 0.15) is 0 Å². The molecule has 0 aromatic carbocycles. The van der Waals surface area contributed by atoms with Gasteiger partial charge in [0.25, 0.3) is 0 Å². The Hall–Kier alpha value is -0.770. The zero-order valence-electron chi connectivity index (χ0n) is 7.53. The monoisotopic (exact) mass is 187 g/mol. The first-order valence-corrected chi connectivity index (χ1v) is 5.47. The Bertz CT molecular complexity index is 376. The minimum atomic E-state index is -3.09. The molecule has 0 saturated carbocycles. The maximum atomic E-state index is 11.4. The van der Waals surface area contributed by atoms with Gasteiger partial charge >= 0.3 is 0 Å². The van der Waals surface area contributed by atoms with Crippen LogP contribution in [0, 0.1) is 13.8 Å². The van der Waals surface area contributed by atoms with Gasteiger partial charge in [0.2, 0.25) is 10.0 Å². The SMILES string of the molecule is CCS(=O)(=O)n1cc(C)cc1C. The summed E-state index contributed by atoms with van der Waals surface area (Å²) in [6.45, 7) is 5.32. The van der Waals surface area contributed by atoms with Crippen molar-refractivity contribution >= 4 is 10.0 Å². The summed E-state index contributed by atoms with van der Waals surface area (Å²) in [4.78, 5) is 0.